The summed E-state index contributed by atoms with van der Waals surface area (Å²) in [6.07, 6.45) is 3.51. The second-order valence-corrected chi connectivity index (χ2v) is 7.08. The van der Waals surface area contributed by atoms with Gasteiger partial charge in [-0.1, -0.05) is 18.2 Å². The Kier molecular flexibility index (Phi) is 4.33. The van der Waals surface area contributed by atoms with Crippen molar-refractivity contribution in [2.75, 3.05) is 31.1 Å². The quantitative estimate of drug-likeness (QED) is 0.777. The molecule has 25 heavy (non-hydrogen) atoms. The van der Waals surface area contributed by atoms with Crippen LogP contribution in [0.25, 0.3) is 10.1 Å². The van der Waals surface area contributed by atoms with Crippen LogP contribution in [-0.2, 0) is 6.54 Å². The highest BCUT2D eigenvalue weighted by Crippen LogP contribution is 2.32. The highest BCUT2D eigenvalue weighted by Gasteiger charge is 2.23. The molecule has 0 atom stereocenters. The van der Waals surface area contributed by atoms with Gasteiger partial charge in [0.1, 0.15) is 4.88 Å². The van der Waals surface area contributed by atoms with E-state index in [4.69, 9.17) is 0 Å². The van der Waals surface area contributed by atoms with Crippen LogP contribution < -0.4 is 4.90 Å². The van der Waals surface area contributed by atoms with Crippen molar-refractivity contribution in [1.82, 2.24) is 14.9 Å². The summed E-state index contributed by atoms with van der Waals surface area (Å²) in [6, 6.07) is 9.74. The van der Waals surface area contributed by atoms with Crippen molar-refractivity contribution in [1.29, 1.82) is 0 Å². The first-order chi connectivity index (χ1) is 12.2. The highest BCUT2D eigenvalue weighted by molar-refractivity contribution is 7.21. The molecule has 1 aromatic carbocycles. The highest BCUT2D eigenvalue weighted by atomic mass is 32.1. The molecule has 0 spiro atoms. The van der Waals surface area contributed by atoms with E-state index in [0.717, 1.165) is 47.8 Å². The molecule has 2 aromatic heterocycles. The van der Waals surface area contributed by atoms with Crippen LogP contribution in [0, 0.1) is 0 Å². The minimum absolute atomic E-state index is 0.454. The zero-order valence-corrected chi connectivity index (χ0v) is 14.4. The van der Waals surface area contributed by atoms with E-state index in [1.165, 1.54) is 11.3 Å². The fourth-order valence-corrected chi connectivity index (χ4v) is 4.27. The lowest BCUT2D eigenvalue weighted by Crippen LogP contribution is -2.46. The number of thiophene rings is 1. The largest absolute Gasteiger partial charge is 0.477 e. The smallest absolute Gasteiger partial charge is 0.346 e. The Labute approximate surface area is 149 Å². The van der Waals surface area contributed by atoms with E-state index >= 15 is 0 Å². The van der Waals surface area contributed by atoms with Gasteiger partial charge in [0.05, 0.1) is 0 Å². The molecule has 0 bridgehead atoms. The van der Waals surface area contributed by atoms with Crippen molar-refractivity contribution in [3.05, 3.63) is 53.2 Å². The van der Waals surface area contributed by atoms with E-state index in [1.54, 1.807) is 12.4 Å². The third-order valence-corrected chi connectivity index (χ3v) is 5.68. The van der Waals surface area contributed by atoms with Crippen LogP contribution >= 0.6 is 11.3 Å². The van der Waals surface area contributed by atoms with Crippen molar-refractivity contribution >= 4 is 33.3 Å². The summed E-state index contributed by atoms with van der Waals surface area (Å²) in [7, 11) is 0. The van der Waals surface area contributed by atoms with E-state index in [9.17, 15) is 9.90 Å². The van der Waals surface area contributed by atoms with Gasteiger partial charge < -0.3 is 10.0 Å². The number of hydrogen-bond donors (Lipinski definition) is 1. The molecular formula is C18H18N4O2S. The Morgan fingerprint density at radius 2 is 1.80 bits per heavy atom. The third-order valence-electron chi connectivity index (χ3n) is 4.48. The lowest BCUT2D eigenvalue weighted by molar-refractivity contribution is 0.0700. The van der Waals surface area contributed by atoms with Crippen molar-refractivity contribution in [2.24, 2.45) is 0 Å². The van der Waals surface area contributed by atoms with Gasteiger partial charge in [-0.2, -0.15) is 0 Å². The van der Waals surface area contributed by atoms with E-state index in [1.807, 2.05) is 30.3 Å². The van der Waals surface area contributed by atoms with Crippen LogP contribution in [0.15, 0.2) is 42.7 Å². The van der Waals surface area contributed by atoms with Crippen LogP contribution in [0.3, 0.4) is 0 Å². The van der Waals surface area contributed by atoms with Gasteiger partial charge in [-0.25, -0.2) is 14.8 Å². The predicted octanol–water partition coefficient (Wildman–Crippen LogP) is 2.71. The molecule has 6 nitrogen and oxygen atoms in total. The topological polar surface area (TPSA) is 69.6 Å². The number of piperazine rings is 1. The molecule has 3 heterocycles. The average Bonchev–Trinajstić information content (AvgIpc) is 3.02. The lowest BCUT2D eigenvalue weighted by Gasteiger charge is -2.34. The minimum atomic E-state index is -0.840. The molecule has 0 amide bonds. The Hall–Kier alpha value is -2.51. The van der Waals surface area contributed by atoms with Crippen LogP contribution in [0.2, 0.25) is 0 Å². The summed E-state index contributed by atoms with van der Waals surface area (Å²) >= 11 is 1.36. The van der Waals surface area contributed by atoms with Gasteiger partial charge in [0, 0.05) is 49.8 Å². The standard InChI is InChI=1S/C18H18N4O2S/c23-17(24)16-14(13-4-1-2-5-15(13)25-16)12-21-8-10-22(11-9-21)18-19-6-3-7-20-18/h1-7H,8-12H2,(H,23,24). The molecule has 0 radical (unpaired) electrons. The number of fused-ring (bicyclic) bond motifs is 1. The molecule has 1 aliphatic heterocycles. The van der Waals surface area contributed by atoms with Crippen molar-refractivity contribution < 1.29 is 9.90 Å². The van der Waals surface area contributed by atoms with Crippen LogP contribution in [0.1, 0.15) is 15.2 Å². The molecule has 0 saturated carbocycles. The average molecular weight is 354 g/mol. The van der Waals surface area contributed by atoms with Crippen LogP contribution in [-0.4, -0.2) is 52.1 Å². The van der Waals surface area contributed by atoms with E-state index in [0.29, 0.717) is 11.4 Å². The number of hydrogen-bond acceptors (Lipinski definition) is 6. The number of carboxylic acid groups (broad SMARTS) is 1. The number of carbonyl (C=O) groups is 1. The fraction of sp³-hybridized carbons (Fsp3) is 0.278. The zero-order chi connectivity index (χ0) is 17.2. The molecule has 3 aromatic rings. The van der Waals surface area contributed by atoms with Gasteiger partial charge in [0.15, 0.2) is 0 Å². The first-order valence-electron chi connectivity index (χ1n) is 8.20. The summed E-state index contributed by atoms with van der Waals surface area (Å²) in [5.74, 6) is -0.0816. The monoisotopic (exact) mass is 354 g/mol. The van der Waals surface area contributed by atoms with Crippen molar-refractivity contribution in [3.8, 4) is 0 Å². The molecule has 1 aliphatic rings. The SMILES string of the molecule is O=C(O)c1sc2ccccc2c1CN1CCN(c2ncccn2)CC1. The van der Waals surface area contributed by atoms with Crippen LogP contribution in [0.5, 0.6) is 0 Å². The van der Waals surface area contributed by atoms with Crippen LogP contribution in [0.4, 0.5) is 5.95 Å². The lowest BCUT2D eigenvalue weighted by atomic mass is 10.1. The van der Waals surface area contributed by atoms with Crippen molar-refractivity contribution in [3.63, 3.8) is 0 Å². The van der Waals surface area contributed by atoms with E-state index in [2.05, 4.69) is 19.8 Å². The number of carboxylic acids is 1. The molecule has 0 unspecified atom stereocenters. The summed E-state index contributed by atoms with van der Waals surface area (Å²) < 4.78 is 1.03. The number of nitrogens with zero attached hydrogens (tertiary/aromatic N) is 4. The number of aromatic carboxylic acids is 1. The molecule has 0 aliphatic carbocycles. The maximum absolute atomic E-state index is 11.6. The first kappa shape index (κ1) is 16.0. The van der Waals surface area contributed by atoms with E-state index < -0.39 is 5.97 Å². The Morgan fingerprint density at radius 3 is 2.52 bits per heavy atom. The fourth-order valence-electron chi connectivity index (χ4n) is 3.21. The number of rotatable bonds is 4. The zero-order valence-electron chi connectivity index (χ0n) is 13.6. The number of aromatic nitrogens is 2. The first-order valence-corrected chi connectivity index (χ1v) is 9.02. The Morgan fingerprint density at radius 1 is 1.08 bits per heavy atom. The van der Waals surface area contributed by atoms with Gasteiger partial charge in [-0.15, -0.1) is 11.3 Å². The summed E-state index contributed by atoms with van der Waals surface area (Å²) in [5, 5.41) is 10.6. The summed E-state index contributed by atoms with van der Waals surface area (Å²) in [4.78, 5) is 25.2. The summed E-state index contributed by atoms with van der Waals surface area (Å²) in [6.45, 7) is 4.07. The van der Waals surface area contributed by atoms with Crippen molar-refractivity contribution in [2.45, 2.75) is 6.54 Å². The molecule has 1 N–H and O–H groups in total. The summed E-state index contributed by atoms with van der Waals surface area (Å²) in [5.41, 5.74) is 0.928. The number of anilines is 1. The van der Waals surface area contributed by atoms with Gasteiger partial charge in [-0.3, -0.25) is 4.90 Å². The van der Waals surface area contributed by atoms with E-state index in [-0.39, 0.29) is 0 Å². The minimum Gasteiger partial charge on any atom is -0.477 e. The van der Waals surface area contributed by atoms with Gasteiger partial charge >= 0.3 is 5.97 Å². The normalized spacial score (nSPS) is 15.6. The molecular weight excluding hydrogens is 336 g/mol. The predicted molar refractivity (Wildman–Crippen MR) is 98.3 cm³/mol. The van der Waals surface area contributed by atoms with Gasteiger partial charge in [0.2, 0.25) is 5.95 Å². The molecule has 7 heteroatoms. The maximum atomic E-state index is 11.6. The molecule has 1 saturated heterocycles. The second-order valence-electron chi connectivity index (χ2n) is 6.02. The van der Waals surface area contributed by atoms with Gasteiger partial charge in [0.25, 0.3) is 0 Å². The molecule has 128 valence electrons. The van der Waals surface area contributed by atoms with Gasteiger partial charge in [-0.05, 0) is 23.1 Å². The third kappa shape index (κ3) is 3.20. The molecule has 1 fully saturated rings. The Bertz CT molecular complexity index is 888. The number of benzene rings is 1. The second kappa shape index (κ2) is 6.78. The maximum Gasteiger partial charge on any atom is 0.346 e. The Balaban J connectivity index is 1.51. The molecule has 4 rings (SSSR count).